The monoisotopic (exact) mass is 242 g/mol. The molecule has 2 aromatic rings. The summed E-state index contributed by atoms with van der Waals surface area (Å²) in [6, 6.07) is 9.62. The number of phenols is 1. The van der Waals surface area contributed by atoms with E-state index in [-0.39, 0.29) is 0 Å². The Morgan fingerprint density at radius 2 is 2.00 bits per heavy atom. The minimum absolute atomic E-state index is 0.339. The van der Waals surface area contributed by atoms with Gasteiger partial charge < -0.3 is 10.4 Å². The van der Waals surface area contributed by atoms with Crippen molar-refractivity contribution in [3.63, 3.8) is 0 Å². The lowest BCUT2D eigenvalue weighted by molar-refractivity contribution is 0.464. The van der Waals surface area contributed by atoms with Gasteiger partial charge in [-0.3, -0.25) is 4.98 Å². The third-order valence-electron chi connectivity index (χ3n) is 2.96. The molecule has 1 aromatic carbocycles. The zero-order valence-corrected chi connectivity index (χ0v) is 10.8. The van der Waals surface area contributed by atoms with Crippen LogP contribution < -0.4 is 5.32 Å². The second-order valence-electron chi connectivity index (χ2n) is 4.50. The summed E-state index contributed by atoms with van der Waals surface area (Å²) in [7, 11) is 0. The van der Waals surface area contributed by atoms with Gasteiger partial charge in [-0.1, -0.05) is 23.8 Å². The molecule has 0 fully saturated rings. The van der Waals surface area contributed by atoms with Crippen molar-refractivity contribution < 1.29 is 5.11 Å². The summed E-state index contributed by atoms with van der Waals surface area (Å²) in [5.74, 6) is 0.339. The number of pyridine rings is 1. The van der Waals surface area contributed by atoms with Gasteiger partial charge in [-0.2, -0.15) is 0 Å². The molecule has 1 aromatic heterocycles. The Morgan fingerprint density at radius 3 is 2.78 bits per heavy atom. The summed E-state index contributed by atoms with van der Waals surface area (Å²) < 4.78 is 0. The van der Waals surface area contributed by atoms with E-state index < -0.39 is 0 Å². The molecule has 0 radical (unpaired) electrons. The first-order valence-electron chi connectivity index (χ1n) is 6.06. The third kappa shape index (κ3) is 3.08. The highest BCUT2D eigenvalue weighted by molar-refractivity contribution is 5.35. The van der Waals surface area contributed by atoms with Crippen molar-refractivity contribution in [2.75, 3.05) is 0 Å². The van der Waals surface area contributed by atoms with Gasteiger partial charge in [0.25, 0.3) is 0 Å². The van der Waals surface area contributed by atoms with Crippen molar-refractivity contribution in [3.8, 4) is 5.75 Å². The third-order valence-corrected chi connectivity index (χ3v) is 2.96. The quantitative estimate of drug-likeness (QED) is 0.866. The van der Waals surface area contributed by atoms with E-state index in [1.807, 2.05) is 38.1 Å². The maximum Gasteiger partial charge on any atom is 0.120 e. The number of aryl methyl sites for hydroxylation is 2. The molecule has 0 aliphatic heterocycles. The Labute approximate surface area is 108 Å². The van der Waals surface area contributed by atoms with Gasteiger partial charge in [-0.15, -0.1) is 0 Å². The van der Waals surface area contributed by atoms with Crippen LogP contribution in [0.4, 0.5) is 0 Å². The fourth-order valence-electron chi connectivity index (χ4n) is 1.87. The molecule has 3 nitrogen and oxygen atoms in total. The van der Waals surface area contributed by atoms with E-state index in [0.29, 0.717) is 18.8 Å². The Balaban J connectivity index is 1.96. The van der Waals surface area contributed by atoms with Gasteiger partial charge in [-0.25, -0.2) is 0 Å². The topological polar surface area (TPSA) is 45.1 Å². The van der Waals surface area contributed by atoms with Crippen molar-refractivity contribution in [3.05, 3.63) is 58.9 Å². The van der Waals surface area contributed by atoms with Gasteiger partial charge in [0.05, 0.1) is 5.69 Å². The molecule has 0 aliphatic rings. The number of aromatic hydroxyl groups is 1. The van der Waals surface area contributed by atoms with Crippen LogP contribution in [0.3, 0.4) is 0 Å². The first kappa shape index (κ1) is 12.6. The zero-order chi connectivity index (χ0) is 13.0. The summed E-state index contributed by atoms with van der Waals surface area (Å²) >= 11 is 0. The van der Waals surface area contributed by atoms with Crippen LogP contribution in [0.2, 0.25) is 0 Å². The number of hydrogen-bond acceptors (Lipinski definition) is 3. The lowest BCUT2D eigenvalue weighted by Gasteiger charge is -2.08. The molecule has 1 heterocycles. The molecule has 0 saturated heterocycles. The van der Waals surface area contributed by atoms with Crippen LogP contribution in [0.1, 0.15) is 22.4 Å². The second kappa shape index (κ2) is 5.65. The highest BCUT2D eigenvalue weighted by Crippen LogP contribution is 2.17. The Morgan fingerprint density at radius 1 is 1.17 bits per heavy atom. The lowest BCUT2D eigenvalue weighted by atomic mass is 10.1. The van der Waals surface area contributed by atoms with Crippen LogP contribution >= 0.6 is 0 Å². The van der Waals surface area contributed by atoms with E-state index in [4.69, 9.17) is 0 Å². The Hall–Kier alpha value is -1.87. The lowest BCUT2D eigenvalue weighted by Crippen LogP contribution is -2.14. The number of aromatic nitrogens is 1. The fourth-order valence-corrected chi connectivity index (χ4v) is 1.87. The predicted octanol–water partition coefficient (Wildman–Crippen LogP) is 2.69. The molecule has 0 saturated carbocycles. The van der Waals surface area contributed by atoms with E-state index in [1.54, 1.807) is 12.3 Å². The molecule has 0 bridgehead atoms. The molecule has 94 valence electrons. The first-order chi connectivity index (χ1) is 8.66. The van der Waals surface area contributed by atoms with Gasteiger partial charge in [0.15, 0.2) is 0 Å². The summed E-state index contributed by atoms with van der Waals surface area (Å²) in [6.45, 7) is 5.42. The van der Waals surface area contributed by atoms with Gasteiger partial charge in [0.2, 0.25) is 0 Å². The average Bonchev–Trinajstić information content (AvgIpc) is 2.36. The normalized spacial score (nSPS) is 10.6. The van der Waals surface area contributed by atoms with E-state index >= 15 is 0 Å². The van der Waals surface area contributed by atoms with Gasteiger partial charge >= 0.3 is 0 Å². The predicted molar refractivity (Wildman–Crippen MR) is 72.4 cm³/mol. The van der Waals surface area contributed by atoms with Crippen molar-refractivity contribution >= 4 is 0 Å². The van der Waals surface area contributed by atoms with Crippen LogP contribution in [0.15, 0.2) is 36.5 Å². The summed E-state index contributed by atoms with van der Waals surface area (Å²) in [6.07, 6.45) is 1.80. The Kier molecular flexibility index (Phi) is 3.95. The fraction of sp³-hybridized carbons (Fsp3) is 0.267. The number of nitrogens with one attached hydrogen (secondary N) is 1. The standard InChI is InChI=1S/C15H18N2O/c1-11-5-6-15(18)13(8-11)9-16-10-14-12(2)4-3-7-17-14/h3-8,16,18H,9-10H2,1-2H3. The van der Waals surface area contributed by atoms with E-state index in [0.717, 1.165) is 16.8 Å². The zero-order valence-electron chi connectivity index (χ0n) is 10.8. The SMILES string of the molecule is Cc1ccc(O)c(CNCc2ncccc2C)c1. The van der Waals surface area contributed by atoms with E-state index in [1.165, 1.54) is 5.56 Å². The second-order valence-corrected chi connectivity index (χ2v) is 4.50. The molecular weight excluding hydrogens is 224 g/mol. The van der Waals surface area contributed by atoms with Crippen molar-refractivity contribution in [2.45, 2.75) is 26.9 Å². The highest BCUT2D eigenvalue weighted by Gasteiger charge is 2.02. The van der Waals surface area contributed by atoms with E-state index in [9.17, 15) is 5.11 Å². The number of benzene rings is 1. The number of rotatable bonds is 4. The van der Waals surface area contributed by atoms with Gasteiger partial charge in [0.1, 0.15) is 5.75 Å². The summed E-state index contributed by atoms with van der Waals surface area (Å²) in [4.78, 5) is 4.32. The molecule has 0 unspecified atom stereocenters. The van der Waals surface area contributed by atoms with Crippen molar-refractivity contribution in [1.29, 1.82) is 0 Å². The summed E-state index contributed by atoms with van der Waals surface area (Å²) in [5, 5.41) is 13.0. The molecule has 2 N–H and O–H groups in total. The van der Waals surface area contributed by atoms with Crippen LogP contribution in [0.5, 0.6) is 5.75 Å². The van der Waals surface area contributed by atoms with E-state index in [2.05, 4.69) is 10.3 Å². The molecule has 2 rings (SSSR count). The molecular formula is C15H18N2O. The number of hydrogen-bond donors (Lipinski definition) is 2. The highest BCUT2D eigenvalue weighted by atomic mass is 16.3. The van der Waals surface area contributed by atoms with Crippen LogP contribution in [0, 0.1) is 13.8 Å². The smallest absolute Gasteiger partial charge is 0.120 e. The minimum atomic E-state index is 0.339. The minimum Gasteiger partial charge on any atom is -0.508 e. The van der Waals surface area contributed by atoms with Crippen LogP contribution in [-0.2, 0) is 13.1 Å². The Bertz CT molecular complexity index is 538. The number of nitrogens with zero attached hydrogens (tertiary/aromatic N) is 1. The van der Waals surface area contributed by atoms with Crippen molar-refractivity contribution in [2.24, 2.45) is 0 Å². The largest absolute Gasteiger partial charge is 0.508 e. The molecule has 3 heteroatoms. The average molecular weight is 242 g/mol. The van der Waals surface area contributed by atoms with Crippen LogP contribution in [0.25, 0.3) is 0 Å². The molecule has 0 amide bonds. The molecule has 0 aliphatic carbocycles. The molecule has 0 spiro atoms. The van der Waals surface area contributed by atoms with Gasteiger partial charge in [0, 0.05) is 24.8 Å². The first-order valence-corrected chi connectivity index (χ1v) is 6.06. The maximum atomic E-state index is 9.73. The van der Waals surface area contributed by atoms with Crippen LogP contribution in [-0.4, -0.2) is 10.1 Å². The number of phenolic OH excluding ortho intramolecular Hbond substituents is 1. The molecule has 18 heavy (non-hydrogen) atoms. The van der Waals surface area contributed by atoms with Crippen molar-refractivity contribution in [1.82, 2.24) is 10.3 Å². The maximum absolute atomic E-state index is 9.73. The molecule has 0 atom stereocenters. The van der Waals surface area contributed by atoms with Gasteiger partial charge in [-0.05, 0) is 31.5 Å². The summed E-state index contributed by atoms with van der Waals surface area (Å²) in [5.41, 5.74) is 4.30.